The zero-order chi connectivity index (χ0) is 14.7. The minimum atomic E-state index is -0.183. The molecule has 0 spiro atoms. The number of carbonyl (C=O) groups excluding carboxylic acids is 1. The molecule has 2 fully saturated rings. The Balaban J connectivity index is 1.48. The Morgan fingerprint density at radius 1 is 1.33 bits per heavy atom. The average Bonchev–Trinajstić information content (AvgIpc) is 3.04. The third kappa shape index (κ3) is 3.92. The molecule has 1 aromatic rings. The minimum Gasteiger partial charge on any atom is -0.368 e. The van der Waals surface area contributed by atoms with E-state index in [0.29, 0.717) is 0 Å². The predicted molar refractivity (Wildman–Crippen MR) is 87.8 cm³/mol. The second kappa shape index (κ2) is 7.02. The third-order valence-corrected chi connectivity index (χ3v) is 4.72. The van der Waals surface area contributed by atoms with Crippen molar-refractivity contribution in [3.8, 4) is 0 Å². The summed E-state index contributed by atoms with van der Waals surface area (Å²) in [6, 6.07) is 4.16. The molecule has 114 valence electrons. The van der Waals surface area contributed by atoms with Gasteiger partial charge in [0.1, 0.15) is 9.80 Å². The van der Waals surface area contributed by atoms with Crippen LogP contribution in [0.5, 0.6) is 0 Å². The van der Waals surface area contributed by atoms with E-state index in [0.717, 1.165) is 55.9 Å². The number of amides is 1. The fourth-order valence-corrected chi connectivity index (χ4v) is 3.18. The molecule has 3 heterocycles. The summed E-state index contributed by atoms with van der Waals surface area (Å²) in [5, 5.41) is 0. The highest BCUT2D eigenvalue weighted by Gasteiger charge is 2.30. The van der Waals surface area contributed by atoms with E-state index >= 15 is 0 Å². The third-order valence-electron chi connectivity index (χ3n) is 4.08. The van der Waals surface area contributed by atoms with Crippen molar-refractivity contribution in [1.29, 1.82) is 0 Å². The van der Waals surface area contributed by atoms with Crippen molar-refractivity contribution in [2.24, 2.45) is 0 Å². The van der Waals surface area contributed by atoms with Crippen LogP contribution in [-0.4, -0.2) is 59.6 Å². The van der Waals surface area contributed by atoms with Crippen molar-refractivity contribution in [2.75, 3.05) is 32.8 Å². The normalized spacial score (nSPS) is 23.5. The smallest absolute Gasteiger partial charge is 0.251 e. The largest absolute Gasteiger partial charge is 0.368 e. The van der Waals surface area contributed by atoms with Gasteiger partial charge in [-0.25, -0.2) is 0 Å². The van der Waals surface area contributed by atoms with Crippen LogP contribution in [0.1, 0.15) is 18.4 Å². The quantitative estimate of drug-likeness (QED) is 0.569. The molecule has 0 N–H and O–H groups in total. The van der Waals surface area contributed by atoms with Crippen LogP contribution in [0.3, 0.4) is 0 Å². The maximum absolute atomic E-state index is 12.3. The topological polar surface area (TPSA) is 45.7 Å². The summed E-state index contributed by atoms with van der Waals surface area (Å²) < 4.78 is 6.50. The Bertz CT molecular complexity index is 480. The van der Waals surface area contributed by atoms with Gasteiger partial charge in [-0.1, -0.05) is 6.07 Å². The Hall–Kier alpha value is -0.730. The van der Waals surface area contributed by atoms with Crippen molar-refractivity contribution < 1.29 is 9.53 Å². The number of ether oxygens (including phenoxy) is 1. The number of rotatable bonds is 3. The van der Waals surface area contributed by atoms with Gasteiger partial charge in [0.25, 0.3) is 5.91 Å². The predicted octanol–water partition coefficient (Wildman–Crippen LogP) is 1.51. The molecule has 0 aromatic carbocycles. The van der Waals surface area contributed by atoms with Crippen molar-refractivity contribution in [3.05, 3.63) is 27.6 Å². The van der Waals surface area contributed by atoms with Gasteiger partial charge in [-0.15, -0.1) is 0 Å². The highest BCUT2D eigenvalue weighted by atomic mass is 127. The summed E-state index contributed by atoms with van der Waals surface area (Å²) in [6.07, 6.45) is 3.65. The summed E-state index contributed by atoms with van der Waals surface area (Å²) >= 11 is 2.21. The molecule has 1 aromatic heterocycles. The molecule has 0 aliphatic carbocycles. The average molecular weight is 401 g/mol. The number of carbonyl (C=O) groups is 1. The first-order chi connectivity index (χ1) is 10.2. The first kappa shape index (κ1) is 15.2. The van der Waals surface area contributed by atoms with Crippen molar-refractivity contribution in [3.63, 3.8) is 0 Å². The van der Waals surface area contributed by atoms with Gasteiger partial charge >= 0.3 is 0 Å². The van der Waals surface area contributed by atoms with Gasteiger partial charge in [0.15, 0.2) is 0 Å². The second-order valence-electron chi connectivity index (χ2n) is 5.59. The maximum atomic E-state index is 12.3. The minimum absolute atomic E-state index is 0.183. The maximum Gasteiger partial charge on any atom is 0.251 e. The number of pyridine rings is 1. The highest BCUT2D eigenvalue weighted by Crippen LogP contribution is 2.16. The molecule has 5 nitrogen and oxygen atoms in total. The molecule has 6 heteroatoms. The van der Waals surface area contributed by atoms with Crippen LogP contribution in [0.15, 0.2) is 18.3 Å². The Morgan fingerprint density at radius 3 is 2.76 bits per heavy atom. The van der Waals surface area contributed by atoms with Gasteiger partial charge < -0.3 is 9.64 Å². The standard InChI is InChI=1S/C15H20IN3O2/c16-14-4-3-12(10-17-14)11-18-5-7-19(8-6-18)15(20)13-2-1-9-21-13/h3-4,10,13H,1-2,5-9,11H2. The van der Waals surface area contributed by atoms with Crippen LogP contribution >= 0.6 is 22.6 Å². The fourth-order valence-electron chi connectivity index (χ4n) is 2.86. The lowest BCUT2D eigenvalue weighted by atomic mass is 10.2. The van der Waals surface area contributed by atoms with E-state index in [4.69, 9.17) is 4.74 Å². The summed E-state index contributed by atoms with van der Waals surface area (Å²) in [4.78, 5) is 20.9. The number of halogens is 1. The first-order valence-electron chi connectivity index (χ1n) is 7.45. The molecule has 2 saturated heterocycles. The molecular formula is C15H20IN3O2. The number of hydrogen-bond acceptors (Lipinski definition) is 4. The monoisotopic (exact) mass is 401 g/mol. The number of piperazine rings is 1. The van der Waals surface area contributed by atoms with Gasteiger partial charge in [-0.05, 0) is 47.1 Å². The highest BCUT2D eigenvalue weighted by molar-refractivity contribution is 14.1. The molecule has 1 unspecified atom stereocenters. The Morgan fingerprint density at radius 2 is 2.14 bits per heavy atom. The van der Waals surface area contributed by atoms with Gasteiger partial charge in [-0.2, -0.15) is 0 Å². The molecule has 2 aliphatic heterocycles. The summed E-state index contributed by atoms with van der Waals surface area (Å²) in [5.41, 5.74) is 1.23. The van der Waals surface area contributed by atoms with Crippen LogP contribution in [0, 0.1) is 3.70 Å². The van der Waals surface area contributed by atoms with E-state index < -0.39 is 0 Å². The summed E-state index contributed by atoms with van der Waals surface area (Å²) in [6.45, 7) is 5.09. The molecule has 0 bridgehead atoms. The van der Waals surface area contributed by atoms with Crippen molar-refractivity contribution >= 4 is 28.5 Å². The Labute approximate surface area is 138 Å². The SMILES string of the molecule is O=C(C1CCCO1)N1CCN(Cc2ccc(I)nc2)CC1. The molecule has 21 heavy (non-hydrogen) atoms. The lowest BCUT2D eigenvalue weighted by Gasteiger charge is -2.35. The van der Waals surface area contributed by atoms with Crippen molar-refractivity contribution in [2.45, 2.75) is 25.5 Å². The van der Waals surface area contributed by atoms with Gasteiger partial charge in [0.05, 0.1) is 0 Å². The van der Waals surface area contributed by atoms with E-state index in [1.165, 1.54) is 5.56 Å². The van der Waals surface area contributed by atoms with E-state index in [9.17, 15) is 4.79 Å². The number of aromatic nitrogens is 1. The lowest BCUT2D eigenvalue weighted by Crippen LogP contribution is -2.51. The van der Waals surface area contributed by atoms with E-state index in [1.54, 1.807) is 0 Å². The van der Waals surface area contributed by atoms with Crippen LogP contribution in [0.4, 0.5) is 0 Å². The molecule has 0 radical (unpaired) electrons. The van der Waals surface area contributed by atoms with Crippen LogP contribution in [-0.2, 0) is 16.1 Å². The summed E-state index contributed by atoms with van der Waals surface area (Å²) in [7, 11) is 0. The molecule has 1 amide bonds. The van der Waals surface area contributed by atoms with Gasteiger partial charge in [0, 0.05) is 45.5 Å². The Kier molecular flexibility index (Phi) is 5.07. The molecule has 2 aliphatic rings. The fraction of sp³-hybridized carbons (Fsp3) is 0.600. The van der Waals surface area contributed by atoms with Crippen LogP contribution in [0.2, 0.25) is 0 Å². The van der Waals surface area contributed by atoms with E-state index in [2.05, 4.69) is 38.5 Å². The van der Waals surface area contributed by atoms with Gasteiger partial charge in [-0.3, -0.25) is 14.7 Å². The van der Waals surface area contributed by atoms with Crippen molar-refractivity contribution in [1.82, 2.24) is 14.8 Å². The number of nitrogens with zero attached hydrogens (tertiary/aromatic N) is 3. The first-order valence-corrected chi connectivity index (χ1v) is 8.53. The zero-order valence-electron chi connectivity index (χ0n) is 12.0. The molecule has 0 saturated carbocycles. The second-order valence-corrected chi connectivity index (χ2v) is 6.70. The lowest BCUT2D eigenvalue weighted by molar-refractivity contribution is -0.142. The van der Waals surface area contributed by atoms with E-state index in [1.807, 2.05) is 17.2 Å². The van der Waals surface area contributed by atoms with E-state index in [-0.39, 0.29) is 12.0 Å². The number of hydrogen-bond donors (Lipinski definition) is 0. The zero-order valence-corrected chi connectivity index (χ0v) is 14.2. The molecule has 3 rings (SSSR count). The van der Waals surface area contributed by atoms with Gasteiger partial charge in [0.2, 0.25) is 0 Å². The molecule has 1 atom stereocenters. The van der Waals surface area contributed by atoms with Crippen LogP contribution in [0.25, 0.3) is 0 Å². The summed E-state index contributed by atoms with van der Waals surface area (Å²) in [5.74, 6) is 0.183. The molecular weight excluding hydrogens is 381 g/mol. The van der Waals surface area contributed by atoms with Crippen LogP contribution < -0.4 is 0 Å².